The fourth-order valence-corrected chi connectivity index (χ4v) is 3.32. The SMILES string of the molecule is O=C1CCc2cc(F)c(NC(=O)NC3CCC(C(=O)O)CC3)cc2N1. The summed E-state index contributed by atoms with van der Waals surface area (Å²) in [5.74, 6) is -1.85. The second-order valence-corrected chi connectivity index (χ2v) is 6.52. The molecule has 1 aliphatic heterocycles. The second-order valence-electron chi connectivity index (χ2n) is 6.52. The lowest BCUT2D eigenvalue weighted by Gasteiger charge is -2.27. The van der Waals surface area contributed by atoms with Crippen molar-refractivity contribution < 1.29 is 23.9 Å². The zero-order valence-electron chi connectivity index (χ0n) is 13.6. The number of aliphatic carboxylic acids is 1. The molecule has 4 N–H and O–H groups in total. The van der Waals surface area contributed by atoms with Crippen LogP contribution in [0.15, 0.2) is 12.1 Å². The highest BCUT2D eigenvalue weighted by Crippen LogP contribution is 2.29. The van der Waals surface area contributed by atoms with Gasteiger partial charge in [-0.3, -0.25) is 9.59 Å². The number of fused-ring (bicyclic) bond motifs is 1. The van der Waals surface area contributed by atoms with Crippen molar-refractivity contribution in [3.05, 3.63) is 23.5 Å². The van der Waals surface area contributed by atoms with Crippen molar-refractivity contribution >= 4 is 29.3 Å². The molecule has 0 aromatic heterocycles. The van der Waals surface area contributed by atoms with E-state index in [4.69, 9.17) is 5.11 Å². The van der Waals surface area contributed by atoms with Crippen LogP contribution in [-0.2, 0) is 16.0 Å². The first-order valence-corrected chi connectivity index (χ1v) is 8.35. The summed E-state index contributed by atoms with van der Waals surface area (Å²) in [6.07, 6.45) is 2.97. The Hall–Kier alpha value is -2.64. The van der Waals surface area contributed by atoms with Gasteiger partial charge in [0, 0.05) is 18.2 Å². The summed E-state index contributed by atoms with van der Waals surface area (Å²) in [5.41, 5.74) is 1.21. The van der Waals surface area contributed by atoms with Gasteiger partial charge in [-0.15, -0.1) is 0 Å². The molecule has 0 atom stereocenters. The molecular weight excluding hydrogens is 329 g/mol. The highest BCUT2D eigenvalue weighted by atomic mass is 19.1. The number of hydrogen-bond donors (Lipinski definition) is 4. The van der Waals surface area contributed by atoms with Crippen molar-refractivity contribution in [2.75, 3.05) is 10.6 Å². The molecule has 0 saturated heterocycles. The maximum Gasteiger partial charge on any atom is 0.319 e. The van der Waals surface area contributed by atoms with Crippen LogP contribution in [0.5, 0.6) is 0 Å². The number of carboxylic acids is 1. The highest BCUT2D eigenvalue weighted by Gasteiger charge is 2.27. The Bertz CT molecular complexity index is 714. The normalized spacial score (nSPS) is 22.5. The zero-order valence-corrected chi connectivity index (χ0v) is 13.6. The maximum absolute atomic E-state index is 14.1. The Morgan fingerprint density at radius 2 is 1.88 bits per heavy atom. The van der Waals surface area contributed by atoms with Crippen molar-refractivity contribution in [1.82, 2.24) is 5.32 Å². The van der Waals surface area contributed by atoms with E-state index in [9.17, 15) is 18.8 Å². The summed E-state index contributed by atoms with van der Waals surface area (Å²) in [7, 11) is 0. The van der Waals surface area contributed by atoms with Gasteiger partial charge >= 0.3 is 12.0 Å². The molecule has 8 heteroatoms. The number of hydrogen-bond acceptors (Lipinski definition) is 3. The van der Waals surface area contributed by atoms with Crippen LogP contribution in [0, 0.1) is 11.7 Å². The number of amides is 3. The quantitative estimate of drug-likeness (QED) is 0.672. The van der Waals surface area contributed by atoms with Gasteiger partial charge in [0.25, 0.3) is 0 Å². The summed E-state index contributed by atoms with van der Waals surface area (Å²) in [5, 5.41) is 16.9. The van der Waals surface area contributed by atoms with Gasteiger partial charge in [-0.2, -0.15) is 0 Å². The molecule has 1 aromatic rings. The van der Waals surface area contributed by atoms with E-state index in [0.29, 0.717) is 49.8 Å². The lowest BCUT2D eigenvalue weighted by Crippen LogP contribution is -2.41. The van der Waals surface area contributed by atoms with Crippen molar-refractivity contribution in [3.63, 3.8) is 0 Å². The standard InChI is InChI=1S/C17H20FN3O4/c18-12-7-10-3-6-15(22)20-13(10)8-14(12)21-17(25)19-11-4-1-9(2-5-11)16(23)24/h7-9,11H,1-6H2,(H,20,22)(H,23,24)(H2,19,21,25). The van der Waals surface area contributed by atoms with Crippen molar-refractivity contribution in [1.29, 1.82) is 0 Å². The average molecular weight is 349 g/mol. The minimum Gasteiger partial charge on any atom is -0.481 e. The number of carbonyl (C=O) groups is 3. The first-order chi connectivity index (χ1) is 11.9. The largest absolute Gasteiger partial charge is 0.481 e. The highest BCUT2D eigenvalue weighted by molar-refractivity contribution is 5.96. The van der Waals surface area contributed by atoms with Gasteiger partial charge in [-0.25, -0.2) is 9.18 Å². The lowest BCUT2D eigenvalue weighted by molar-refractivity contribution is -0.142. The molecule has 1 heterocycles. The van der Waals surface area contributed by atoms with E-state index in [1.165, 1.54) is 12.1 Å². The molecule has 3 rings (SSSR count). The Kier molecular flexibility index (Phi) is 4.87. The number of carbonyl (C=O) groups excluding carboxylic acids is 2. The number of urea groups is 1. The number of halogens is 1. The van der Waals surface area contributed by atoms with Crippen molar-refractivity contribution in [2.45, 2.75) is 44.6 Å². The van der Waals surface area contributed by atoms with E-state index in [1.54, 1.807) is 0 Å². The molecule has 1 saturated carbocycles. The van der Waals surface area contributed by atoms with Gasteiger partial charge in [-0.1, -0.05) is 0 Å². The van der Waals surface area contributed by atoms with E-state index >= 15 is 0 Å². The topological polar surface area (TPSA) is 108 Å². The van der Waals surface area contributed by atoms with E-state index < -0.39 is 17.8 Å². The second kappa shape index (κ2) is 7.08. The first kappa shape index (κ1) is 17.2. The van der Waals surface area contributed by atoms with Gasteiger partial charge in [0.2, 0.25) is 5.91 Å². The molecule has 3 amide bonds. The number of benzene rings is 1. The third kappa shape index (κ3) is 4.07. The fourth-order valence-electron chi connectivity index (χ4n) is 3.32. The molecule has 1 fully saturated rings. The van der Waals surface area contributed by atoms with Crippen LogP contribution >= 0.6 is 0 Å². The molecule has 0 radical (unpaired) electrons. The van der Waals surface area contributed by atoms with Crippen LogP contribution in [-0.4, -0.2) is 29.1 Å². The molecular formula is C17H20FN3O4. The maximum atomic E-state index is 14.1. The molecule has 7 nitrogen and oxygen atoms in total. The monoisotopic (exact) mass is 349 g/mol. The number of aryl methyl sites for hydroxylation is 1. The summed E-state index contributed by atoms with van der Waals surface area (Å²) >= 11 is 0. The van der Waals surface area contributed by atoms with E-state index in [2.05, 4.69) is 16.0 Å². The minimum absolute atomic E-state index is 0.00216. The number of carboxylic acid groups (broad SMARTS) is 1. The summed E-state index contributed by atoms with van der Waals surface area (Å²) in [6, 6.07) is 2.07. The van der Waals surface area contributed by atoms with E-state index in [-0.39, 0.29) is 23.6 Å². The smallest absolute Gasteiger partial charge is 0.319 e. The summed E-state index contributed by atoms with van der Waals surface area (Å²) in [6.45, 7) is 0. The van der Waals surface area contributed by atoms with Crippen LogP contribution in [0.3, 0.4) is 0 Å². The molecule has 25 heavy (non-hydrogen) atoms. The molecule has 2 aliphatic rings. The Balaban J connectivity index is 1.59. The molecule has 1 aromatic carbocycles. The Morgan fingerprint density at radius 3 is 2.56 bits per heavy atom. The van der Waals surface area contributed by atoms with Crippen molar-refractivity contribution in [2.24, 2.45) is 5.92 Å². The van der Waals surface area contributed by atoms with Crippen molar-refractivity contribution in [3.8, 4) is 0 Å². The number of rotatable bonds is 3. The first-order valence-electron chi connectivity index (χ1n) is 8.35. The average Bonchev–Trinajstić information content (AvgIpc) is 2.56. The molecule has 0 bridgehead atoms. The summed E-state index contributed by atoms with van der Waals surface area (Å²) < 4.78 is 14.1. The van der Waals surface area contributed by atoms with Crippen LogP contribution in [0.1, 0.15) is 37.7 Å². The Morgan fingerprint density at radius 1 is 1.16 bits per heavy atom. The van der Waals surface area contributed by atoms with Crippen LogP contribution in [0.2, 0.25) is 0 Å². The van der Waals surface area contributed by atoms with E-state index in [1.807, 2.05) is 0 Å². The zero-order chi connectivity index (χ0) is 18.0. The molecule has 1 aliphatic carbocycles. The van der Waals surface area contributed by atoms with Gasteiger partial charge in [0.1, 0.15) is 5.82 Å². The predicted molar refractivity (Wildman–Crippen MR) is 88.9 cm³/mol. The molecule has 134 valence electrons. The predicted octanol–water partition coefficient (Wildman–Crippen LogP) is 2.48. The van der Waals surface area contributed by atoms with Crippen LogP contribution in [0.25, 0.3) is 0 Å². The van der Waals surface area contributed by atoms with E-state index in [0.717, 1.165) is 0 Å². The Labute approximate surface area is 144 Å². The minimum atomic E-state index is -0.805. The third-order valence-electron chi connectivity index (χ3n) is 4.75. The fraction of sp³-hybridized carbons (Fsp3) is 0.471. The summed E-state index contributed by atoms with van der Waals surface area (Å²) in [4.78, 5) is 34.5. The van der Waals surface area contributed by atoms with Crippen LogP contribution in [0.4, 0.5) is 20.6 Å². The molecule has 0 unspecified atom stereocenters. The molecule has 0 spiro atoms. The van der Waals surface area contributed by atoms with Gasteiger partial charge in [0.15, 0.2) is 0 Å². The number of anilines is 2. The lowest BCUT2D eigenvalue weighted by atomic mass is 9.86. The van der Waals surface area contributed by atoms with Gasteiger partial charge in [0.05, 0.1) is 11.6 Å². The third-order valence-corrected chi connectivity index (χ3v) is 4.75. The van der Waals surface area contributed by atoms with Gasteiger partial charge < -0.3 is 21.1 Å². The van der Waals surface area contributed by atoms with Crippen LogP contribution < -0.4 is 16.0 Å². The number of nitrogens with one attached hydrogen (secondary N) is 3. The van der Waals surface area contributed by atoms with Gasteiger partial charge in [-0.05, 0) is 49.8 Å².